The number of fused-ring (bicyclic) bond motifs is 2. The first kappa shape index (κ1) is 27.4. The van der Waals surface area contributed by atoms with Crippen LogP contribution in [0.2, 0.25) is 0 Å². The van der Waals surface area contributed by atoms with Crippen molar-refractivity contribution in [3.63, 3.8) is 0 Å². The quantitative estimate of drug-likeness (QED) is 0.418. The van der Waals surface area contributed by atoms with Crippen LogP contribution in [0.4, 0.5) is 0 Å². The van der Waals surface area contributed by atoms with E-state index in [0.717, 1.165) is 32.3 Å². The Balaban J connectivity index is 0.00000141. The second-order valence-corrected chi connectivity index (χ2v) is 13.9. The summed E-state index contributed by atoms with van der Waals surface area (Å²) in [7, 11) is 1.00. The lowest BCUT2D eigenvalue weighted by Gasteiger charge is -2.65. The van der Waals surface area contributed by atoms with E-state index in [9.17, 15) is 10.2 Å². The maximum Gasteiger partial charge on any atom is 0.162 e. The molecule has 10 atom stereocenters. The molecule has 1 saturated heterocycles. The van der Waals surface area contributed by atoms with Gasteiger partial charge in [0.25, 0.3) is 0 Å². The van der Waals surface area contributed by atoms with Crippen LogP contribution in [0, 0.1) is 51.2 Å². The monoisotopic (exact) mass is 488 g/mol. The van der Waals surface area contributed by atoms with Gasteiger partial charge in [-0.1, -0.05) is 72.8 Å². The molecule has 2 bridgehead atoms. The number of aliphatic hydroxyl groups is 3. The molecule has 5 rings (SSSR count). The van der Waals surface area contributed by atoms with Gasteiger partial charge in [-0.2, -0.15) is 0 Å². The summed E-state index contributed by atoms with van der Waals surface area (Å²) in [4.78, 5) is 0. The third-order valence-electron chi connectivity index (χ3n) is 12.2. The molecular weight excluding hydrogens is 436 g/mol. The van der Waals surface area contributed by atoms with Crippen LogP contribution in [0.5, 0.6) is 0 Å². The lowest BCUT2D eigenvalue weighted by atomic mass is 9.38. The fourth-order valence-corrected chi connectivity index (χ4v) is 9.98. The van der Waals surface area contributed by atoms with Crippen LogP contribution in [0.15, 0.2) is 24.3 Å². The predicted molar refractivity (Wildman–Crippen MR) is 141 cm³/mol. The number of allylic oxidation sites excluding steroid dienone is 3. The van der Waals surface area contributed by atoms with Gasteiger partial charge in [0, 0.05) is 23.9 Å². The van der Waals surface area contributed by atoms with E-state index in [2.05, 4.69) is 72.8 Å². The fraction of sp³-hybridized carbons (Fsp3) is 0.871. The maximum atomic E-state index is 11.6. The van der Waals surface area contributed by atoms with Gasteiger partial charge in [-0.05, 0) is 79.4 Å². The highest BCUT2D eigenvalue weighted by Crippen LogP contribution is 2.78. The van der Waals surface area contributed by atoms with E-state index < -0.39 is 18.0 Å². The first-order valence-electron chi connectivity index (χ1n) is 14.2. The van der Waals surface area contributed by atoms with Crippen molar-refractivity contribution >= 4 is 0 Å². The SMILES string of the molecule is CC(C)/C=C/C[C@@H](C)[C@H]1CC[C@@]2(C)[C@@H]3C=C[C@@]45OC(O)[C@]3(CC[C@]12C)[C@@H]4CC[C@H](O)C5(C)C.CO. The van der Waals surface area contributed by atoms with Gasteiger partial charge in [0.2, 0.25) is 0 Å². The Kier molecular flexibility index (Phi) is 7.00. The molecule has 0 aromatic carbocycles. The molecule has 200 valence electrons. The average Bonchev–Trinajstić information content (AvgIpc) is 3.16. The van der Waals surface area contributed by atoms with Crippen molar-refractivity contribution in [2.24, 2.45) is 51.2 Å². The molecule has 4 aliphatic carbocycles. The minimum atomic E-state index is -0.737. The van der Waals surface area contributed by atoms with Gasteiger partial charge in [-0.25, -0.2) is 0 Å². The van der Waals surface area contributed by atoms with Gasteiger partial charge < -0.3 is 20.1 Å². The molecule has 0 aromatic heterocycles. The number of ether oxygens (including phenoxy) is 1. The van der Waals surface area contributed by atoms with E-state index in [1.807, 2.05) is 0 Å². The van der Waals surface area contributed by atoms with Gasteiger partial charge >= 0.3 is 0 Å². The zero-order valence-corrected chi connectivity index (χ0v) is 23.6. The topological polar surface area (TPSA) is 69.9 Å². The van der Waals surface area contributed by atoms with E-state index in [4.69, 9.17) is 9.84 Å². The minimum Gasteiger partial charge on any atom is -0.400 e. The number of hydrogen-bond acceptors (Lipinski definition) is 4. The summed E-state index contributed by atoms with van der Waals surface area (Å²) in [5.74, 6) is 2.65. The zero-order chi connectivity index (χ0) is 26.0. The van der Waals surface area contributed by atoms with E-state index >= 15 is 0 Å². The molecule has 3 N–H and O–H groups in total. The Morgan fingerprint density at radius 3 is 2.29 bits per heavy atom. The van der Waals surface area contributed by atoms with Crippen molar-refractivity contribution < 1.29 is 20.1 Å². The molecule has 3 saturated carbocycles. The van der Waals surface area contributed by atoms with Gasteiger partial charge in [0.15, 0.2) is 6.29 Å². The van der Waals surface area contributed by atoms with E-state index in [1.165, 1.54) is 25.7 Å². The predicted octanol–water partition coefficient (Wildman–Crippen LogP) is 6.11. The summed E-state index contributed by atoms with van der Waals surface area (Å²) in [6.45, 7) is 16.4. The molecule has 35 heavy (non-hydrogen) atoms. The summed E-state index contributed by atoms with van der Waals surface area (Å²) in [6, 6.07) is 0. The van der Waals surface area contributed by atoms with Crippen LogP contribution in [-0.4, -0.2) is 40.4 Å². The molecule has 1 aliphatic heterocycles. The highest BCUT2D eigenvalue weighted by Gasteiger charge is 2.78. The van der Waals surface area contributed by atoms with Gasteiger partial charge in [0.1, 0.15) is 5.60 Å². The van der Waals surface area contributed by atoms with E-state index in [-0.39, 0.29) is 21.7 Å². The summed E-state index contributed by atoms with van der Waals surface area (Å²) >= 11 is 0. The smallest absolute Gasteiger partial charge is 0.162 e. The lowest BCUT2D eigenvalue weighted by Crippen LogP contribution is -2.65. The maximum absolute atomic E-state index is 11.6. The number of rotatable bonds is 4. The van der Waals surface area contributed by atoms with Crippen LogP contribution in [0.1, 0.15) is 93.4 Å². The van der Waals surface area contributed by atoms with Gasteiger partial charge in [0.05, 0.1) is 6.10 Å². The van der Waals surface area contributed by atoms with Crippen molar-refractivity contribution in [3.8, 4) is 0 Å². The first-order chi connectivity index (χ1) is 16.4. The Morgan fingerprint density at radius 1 is 0.943 bits per heavy atom. The summed E-state index contributed by atoms with van der Waals surface area (Å²) in [5, 5.41) is 29.6. The van der Waals surface area contributed by atoms with Gasteiger partial charge in [-0.15, -0.1) is 0 Å². The second-order valence-electron chi connectivity index (χ2n) is 13.9. The Labute approximate surface area is 214 Å². The zero-order valence-electron chi connectivity index (χ0n) is 23.6. The van der Waals surface area contributed by atoms with Crippen LogP contribution in [0.25, 0.3) is 0 Å². The van der Waals surface area contributed by atoms with Crippen LogP contribution >= 0.6 is 0 Å². The largest absolute Gasteiger partial charge is 0.400 e. The molecule has 0 amide bonds. The first-order valence-corrected chi connectivity index (χ1v) is 14.2. The van der Waals surface area contributed by atoms with E-state index in [0.29, 0.717) is 23.7 Å². The molecular formula is C31H52O4. The fourth-order valence-electron chi connectivity index (χ4n) is 9.98. The molecule has 4 heteroatoms. The molecule has 4 fully saturated rings. The molecule has 0 aromatic rings. The molecule has 1 spiro atoms. The lowest BCUT2D eigenvalue weighted by molar-refractivity contribution is -0.213. The summed E-state index contributed by atoms with van der Waals surface area (Å²) in [6.07, 6.45) is 16.1. The molecule has 5 aliphatic rings. The minimum absolute atomic E-state index is 0.170. The van der Waals surface area contributed by atoms with Crippen LogP contribution < -0.4 is 0 Å². The molecule has 1 unspecified atom stereocenters. The van der Waals surface area contributed by atoms with Crippen molar-refractivity contribution in [1.29, 1.82) is 0 Å². The average molecular weight is 489 g/mol. The molecule has 1 heterocycles. The Morgan fingerprint density at radius 2 is 1.63 bits per heavy atom. The van der Waals surface area contributed by atoms with Crippen molar-refractivity contribution in [3.05, 3.63) is 24.3 Å². The third kappa shape index (κ3) is 3.38. The second kappa shape index (κ2) is 8.96. The standard InChI is InChI=1S/C30H48O3.CH4O/c1-19(2)9-8-10-20(3)21-13-15-28(7)22-14-16-30-23(11-12-24(31)26(30,4)5)29(22,25(32)33-30)18-17-27(21,28)6;1-2/h8-9,14,16,19-25,31-32H,10-13,15,17-18H2,1-7H3;2H,1H3/b9-8+;/t20-,21-,22+,23+,24+,25?,27-,28+,29+,30-;/m1./s1. The Hall–Kier alpha value is -0.680. The molecule has 0 radical (unpaired) electrons. The Bertz CT molecular complexity index is 847. The summed E-state index contributed by atoms with van der Waals surface area (Å²) in [5.41, 5.74) is -0.694. The summed E-state index contributed by atoms with van der Waals surface area (Å²) < 4.78 is 6.60. The molecule has 4 nitrogen and oxygen atoms in total. The highest BCUT2D eigenvalue weighted by molar-refractivity contribution is 5.34. The van der Waals surface area contributed by atoms with E-state index in [1.54, 1.807) is 0 Å². The van der Waals surface area contributed by atoms with Crippen molar-refractivity contribution in [2.75, 3.05) is 7.11 Å². The number of aliphatic hydroxyl groups excluding tert-OH is 3. The third-order valence-corrected chi connectivity index (χ3v) is 12.2. The number of hydrogen-bond donors (Lipinski definition) is 3. The normalized spacial score (nSPS) is 50.3. The van der Waals surface area contributed by atoms with Crippen LogP contribution in [0.3, 0.4) is 0 Å². The van der Waals surface area contributed by atoms with Gasteiger partial charge in [-0.3, -0.25) is 0 Å². The highest BCUT2D eigenvalue weighted by atomic mass is 16.6. The van der Waals surface area contributed by atoms with Crippen molar-refractivity contribution in [1.82, 2.24) is 0 Å². The van der Waals surface area contributed by atoms with Crippen LogP contribution in [-0.2, 0) is 4.74 Å². The van der Waals surface area contributed by atoms with Crippen molar-refractivity contribution in [2.45, 2.75) is 111 Å².